The first-order valence-electron chi connectivity index (χ1n) is 5.84. The predicted molar refractivity (Wildman–Crippen MR) is 69.2 cm³/mol. The van der Waals surface area contributed by atoms with Crippen molar-refractivity contribution in [1.29, 1.82) is 0 Å². The third-order valence-corrected chi connectivity index (χ3v) is 2.27. The van der Waals surface area contributed by atoms with E-state index >= 15 is 0 Å². The summed E-state index contributed by atoms with van der Waals surface area (Å²) >= 11 is 0. The standard InChI is InChI=1S/C13H18N2O3/c1-3-15-12(16)4-5-18-13(17)10-6-9(2)7-11(14)8-10/h6-8H,3-5,14H2,1-2H3,(H,15,16). The third kappa shape index (κ3) is 4.45. The van der Waals surface area contributed by atoms with E-state index in [1.165, 1.54) is 0 Å². The maximum absolute atomic E-state index is 11.7. The molecule has 0 fully saturated rings. The van der Waals surface area contributed by atoms with Crippen LogP contribution in [0.2, 0.25) is 0 Å². The summed E-state index contributed by atoms with van der Waals surface area (Å²) in [4.78, 5) is 22.8. The normalized spacial score (nSPS) is 9.89. The lowest BCUT2D eigenvalue weighted by Crippen LogP contribution is -2.24. The largest absolute Gasteiger partial charge is 0.462 e. The fourth-order valence-corrected chi connectivity index (χ4v) is 1.54. The molecule has 1 rings (SSSR count). The molecule has 0 aliphatic heterocycles. The third-order valence-electron chi connectivity index (χ3n) is 2.27. The zero-order chi connectivity index (χ0) is 13.5. The molecular formula is C13H18N2O3. The summed E-state index contributed by atoms with van der Waals surface area (Å²) in [5.41, 5.74) is 7.46. The summed E-state index contributed by atoms with van der Waals surface area (Å²) in [7, 11) is 0. The Labute approximate surface area is 106 Å². The molecule has 0 aliphatic rings. The first kappa shape index (κ1) is 14.0. The second-order valence-electron chi connectivity index (χ2n) is 3.97. The van der Waals surface area contributed by atoms with Crippen LogP contribution in [0, 0.1) is 6.92 Å². The van der Waals surface area contributed by atoms with Gasteiger partial charge in [0.2, 0.25) is 5.91 Å². The van der Waals surface area contributed by atoms with Gasteiger partial charge < -0.3 is 15.8 Å². The van der Waals surface area contributed by atoms with Crippen molar-refractivity contribution in [2.45, 2.75) is 20.3 Å². The minimum absolute atomic E-state index is 0.0680. The Morgan fingerprint density at radius 2 is 2.06 bits per heavy atom. The maximum atomic E-state index is 11.7. The Hall–Kier alpha value is -2.04. The van der Waals surface area contributed by atoms with Crippen molar-refractivity contribution in [2.24, 2.45) is 0 Å². The minimum Gasteiger partial charge on any atom is -0.462 e. The highest BCUT2D eigenvalue weighted by Crippen LogP contribution is 2.12. The van der Waals surface area contributed by atoms with Gasteiger partial charge in [0.1, 0.15) is 6.61 Å². The van der Waals surface area contributed by atoms with E-state index in [-0.39, 0.29) is 18.9 Å². The van der Waals surface area contributed by atoms with Crippen molar-refractivity contribution in [2.75, 3.05) is 18.9 Å². The lowest BCUT2D eigenvalue weighted by atomic mass is 10.1. The number of ether oxygens (including phenoxy) is 1. The van der Waals surface area contributed by atoms with Crippen molar-refractivity contribution in [3.8, 4) is 0 Å². The minimum atomic E-state index is -0.463. The van der Waals surface area contributed by atoms with Gasteiger partial charge >= 0.3 is 5.97 Å². The molecule has 0 atom stereocenters. The predicted octanol–water partition coefficient (Wildman–Crippen LogP) is 1.26. The Bertz CT molecular complexity index is 424. The number of anilines is 1. The van der Waals surface area contributed by atoms with Gasteiger partial charge in [0.25, 0.3) is 0 Å². The second kappa shape index (κ2) is 6.64. The lowest BCUT2D eigenvalue weighted by Gasteiger charge is -2.06. The molecule has 0 aliphatic carbocycles. The van der Waals surface area contributed by atoms with Crippen molar-refractivity contribution >= 4 is 17.6 Å². The fraction of sp³-hybridized carbons (Fsp3) is 0.385. The Morgan fingerprint density at radius 1 is 1.33 bits per heavy atom. The van der Waals surface area contributed by atoms with Gasteiger partial charge in [0.05, 0.1) is 12.0 Å². The number of nitrogens with one attached hydrogen (secondary N) is 1. The molecule has 0 aromatic heterocycles. The van der Waals surface area contributed by atoms with Gasteiger partial charge in [-0.1, -0.05) is 0 Å². The number of aryl methyl sites for hydroxylation is 1. The molecule has 0 heterocycles. The van der Waals surface area contributed by atoms with Crippen molar-refractivity contribution in [3.63, 3.8) is 0 Å². The van der Waals surface area contributed by atoms with Crippen LogP contribution in [0.4, 0.5) is 5.69 Å². The zero-order valence-corrected chi connectivity index (χ0v) is 10.7. The van der Waals surface area contributed by atoms with Gasteiger partial charge in [0, 0.05) is 12.2 Å². The van der Waals surface area contributed by atoms with E-state index in [2.05, 4.69) is 5.32 Å². The molecule has 1 aromatic carbocycles. The van der Waals surface area contributed by atoms with E-state index in [1.807, 2.05) is 13.8 Å². The highest BCUT2D eigenvalue weighted by Gasteiger charge is 2.09. The number of carbonyl (C=O) groups is 2. The molecule has 1 amide bonds. The molecule has 0 spiro atoms. The number of hydrogen-bond donors (Lipinski definition) is 2. The molecule has 0 saturated heterocycles. The summed E-state index contributed by atoms with van der Waals surface area (Å²) in [6, 6.07) is 5.03. The van der Waals surface area contributed by atoms with Crippen LogP contribution in [0.1, 0.15) is 29.3 Å². The molecule has 5 heteroatoms. The Morgan fingerprint density at radius 3 is 2.67 bits per heavy atom. The summed E-state index contributed by atoms with van der Waals surface area (Å²) in [5, 5.41) is 2.63. The van der Waals surface area contributed by atoms with E-state index in [0.29, 0.717) is 17.8 Å². The van der Waals surface area contributed by atoms with Crippen molar-refractivity contribution < 1.29 is 14.3 Å². The lowest BCUT2D eigenvalue weighted by molar-refractivity contribution is -0.121. The van der Waals surface area contributed by atoms with E-state index in [4.69, 9.17) is 10.5 Å². The number of rotatable bonds is 5. The van der Waals surface area contributed by atoms with Crippen LogP contribution in [0.3, 0.4) is 0 Å². The maximum Gasteiger partial charge on any atom is 0.338 e. The van der Waals surface area contributed by atoms with E-state index in [1.54, 1.807) is 18.2 Å². The van der Waals surface area contributed by atoms with Gasteiger partial charge in [-0.2, -0.15) is 0 Å². The zero-order valence-electron chi connectivity index (χ0n) is 10.7. The number of esters is 1. The van der Waals surface area contributed by atoms with Crippen LogP contribution < -0.4 is 11.1 Å². The Kier molecular flexibility index (Phi) is 5.17. The number of carbonyl (C=O) groups excluding carboxylic acids is 2. The molecular weight excluding hydrogens is 232 g/mol. The number of benzene rings is 1. The quantitative estimate of drug-likeness (QED) is 0.609. The molecule has 5 nitrogen and oxygen atoms in total. The highest BCUT2D eigenvalue weighted by molar-refractivity contribution is 5.90. The smallest absolute Gasteiger partial charge is 0.338 e. The molecule has 18 heavy (non-hydrogen) atoms. The van der Waals surface area contributed by atoms with E-state index < -0.39 is 5.97 Å². The van der Waals surface area contributed by atoms with Gasteiger partial charge in [-0.05, 0) is 37.6 Å². The average Bonchev–Trinajstić information content (AvgIpc) is 2.27. The molecule has 3 N–H and O–H groups in total. The second-order valence-corrected chi connectivity index (χ2v) is 3.97. The molecule has 1 aromatic rings. The Balaban J connectivity index is 2.48. The highest BCUT2D eigenvalue weighted by atomic mass is 16.5. The monoisotopic (exact) mass is 250 g/mol. The summed E-state index contributed by atoms with van der Waals surface area (Å²) in [6.07, 6.45) is 0.168. The first-order chi connectivity index (χ1) is 8.52. The molecule has 0 unspecified atom stereocenters. The van der Waals surface area contributed by atoms with Crippen LogP contribution in [-0.4, -0.2) is 25.0 Å². The van der Waals surface area contributed by atoms with Crippen LogP contribution in [-0.2, 0) is 9.53 Å². The molecule has 0 radical (unpaired) electrons. The fourth-order valence-electron chi connectivity index (χ4n) is 1.54. The van der Waals surface area contributed by atoms with Gasteiger partial charge in [0.15, 0.2) is 0 Å². The van der Waals surface area contributed by atoms with Crippen LogP contribution in [0.15, 0.2) is 18.2 Å². The van der Waals surface area contributed by atoms with Crippen molar-refractivity contribution in [1.82, 2.24) is 5.32 Å². The van der Waals surface area contributed by atoms with Crippen molar-refractivity contribution in [3.05, 3.63) is 29.3 Å². The van der Waals surface area contributed by atoms with Crippen LogP contribution in [0.25, 0.3) is 0 Å². The van der Waals surface area contributed by atoms with Crippen LogP contribution in [0.5, 0.6) is 0 Å². The first-order valence-corrected chi connectivity index (χ1v) is 5.84. The summed E-state index contributed by atoms with van der Waals surface area (Å²) < 4.78 is 5.00. The molecule has 98 valence electrons. The van der Waals surface area contributed by atoms with Gasteiger partial charge in [-0.3, -0.25) is 4.79 Å². The summed E-state index contributed by atoms with van der Waals surface area (Å²) in [6.45, 7) is 4.32. The van der Waals surface area contributed by atoms with E-state index in [0.717, 1.165) is 5.56 Å². The van der Waals surface area contributed by atoms with E-state index in [9.17, 15) is 9.59 Å². The molecule has 0 saturated carbocycles. The SMILES string of the molecule is CCNC(=O)CCOC(=O)c1cc(C)cc(N)c1. The van der Waals surface area contributed by atoms with Crippen LogP contribution >= 0.6 is 0 Å². The van der Waals surface area contributed by atoms with Gasteiger partial charge in [-0.15, -0.1) is 0 Å². The number of nitrogen functional groups attached to an aromatic ring is 1. The summed E-state index contributed by atoms with van der Waals surface area (Å²) in [5.74, 6) is -0.594. The number of hydrogen-bond acceptors (Lipinski definition) is 4. The van der Waals surface area contributed by atoms with Gasteiger partial charge in [-0.25, -0.2) is 4.79 Å². The number of amides is 1. The average molecular weight is 250 g/mol. The molecule has 0 bridgehead atoms. The topological polar surface area (TPSA) is 81.4 Å². The number of nitrogens with two attached hydrogens (primary N) is 1.